The minimum absolute atomic E-state index is 0.108. The van der Waals surface area contributed by atoms with Crippen molar-refractivity contribution in [1.29, 1.82) is 0 Å². The first-order chi connectivity index (χ1) is 12.7. The molecule has 2 heterocycles. The first kappa shape index (κ1) is 16.6. The van der Waals surface area contributed by atoms with Gasteiger partial charge in [-0.2, -0.15) is 10.2 Å². The van der Waals surface area contributed by atoms with Gasteiger partial charge in [0.25, 0.3) is 0 Å². The third-order valence-corrected chi connectivity index (χ3v) is 5.05. The molecule has 1 aliphatic carbocycles. The highest BCUT2D eigenvalue weighted by Crippen LogP contribution is 2.35. The van der Waals surface area contributed by atoms with Gasteiger partial charge >= 0.3 is 0 Å². The van der Waals surface area contributed by atoms with Crippen LogP contribution in [0.2, 0.25) is 0 Å². The van der Waals surface area contributed by atoms with Gasteiger partial charge in [0.2, 0.25) is 5.91 Å². The van der Waals surface area contributed by atoms with Crippen molar-refractivity contribution in [1.82, 2.24) is 19.6 Å². The lowest BCUT2D eigenvalue weighted by Crippen LogP contribution is -2.25. The Morgan fingerprint density at radius 3 is 2.65 bits per heavy atom. The normalized spacial score (nSPS) is 15.9. The number of amides is 1. The van der Waals surface area contributed by atoms with E-state index in [4.69, 9.17) is 5.10 Å². The molecule has 4 rings (SSSR count). The van der Waals surface area contributed by atoms with Gasteiger partial charge in [-0.15, -0.1) is 0 Å². The number of hydrogen-bond acceptors (Lipinski definition) is 3. The summed E-state index contributed by atoms with van der Waals surface area (Å²) in [6.45, 7) is 1.84. The molecule has 1 saturated carbocycles. The average Bonchev–Trinajstić information content (AvgIpc) is 3.42. The second-order valence-electron chi connectivity index (χ2n) is 6.83. The predicted octanol–water partition coefficient (Wildman–Crippen LogP) is 3.93. The number of rotatable bonds is 5. The van der Waals surface area contributed by atoms with E-state index < -0.39 is 0 Å². The third kappa shape index (κ3) is 3.27. The molecule has 0 bridgehead atoms. The van der Waals surface area contributed by atoms with E-state index in [1.807, 2.05) is 54.1 Å². The molecule has 1 unspecified atom stereocenters. The second-order valence-corrected chi connectivity index (χ2v) is 6.83. The van der Waals surface area contributed by atoms with Gasteiger partial charge in [-0.05, 0) is 38.0 Å². The van der Waals surface area contributed by atoms with E-state index in [1.54, 1.807) is 17.1 Å². The molecule has 1 fully saturated rings. The Bertz CT molecular complexity index is 863. The smallest absolute Gasteiger partial charge is 0.250 e. The predicted molar refractivity (Wildman–Crippen MR) is 100 cm³/mol. The third-order valence-electron chi connectivity index (χ3n) is 5.05. The van der Waals surface area contributed by atoms with Gasteiger partial charge < -0.3 is 5.32 Å². The number of carbonyl (C=O) groups excluding carboxylic acids is 1. The molecule has 134 valence electrons. The average molecular weight is 349 g/mol. The van der Waals surface area contributed by atoms with Gasteiger partial charge in [0, 0.05) is 24.4 Å². The molecule has 0 spiro atoms. The summed E-state index contributed by atoms with van der Waals surface area (Å²) in [7, 11) is 0. The van der Waals surface area contributed by atoms with Gasteiger partial charge in [0.05, 0.1) is 11.4 Å². The molecule has 26 heavy (non-hydrogen) atoms. The molecule has 0 radical (unpaired) electrons. The number of carbonyl (C=O) groups is 1. The van der Waals surface area contributed by atoms with Crippen molar-refractivity contribution in [2.75, 3.05) is 5.32 Å². The van der Waals surface area contributed by atoms with Gasteiger partial charge in [-0.3, -0.25) is 9.48 Å². The van der Waals surface area contributed by atoms with E-state index >= 15 is 0 Å². The standard InChI is InChI=1S/C20H23N5O/c1-15(24-13-7-12-21-24)20(26)22-19-14-18(16-8-5-6-9-16)23-25(19)17-10-3-2-4-11-17/h2-4,7,10-16H,5-6,8-9H2,1H3,(H,22,26). The molecule has 6 nitrogen and oxygen atoms in total. The van der Waals surface area contributed by atoms with Crippen LogP contribution in [0.1, 0.15) is 50.3 Å². The summed E-state index contributed by atoms with van der Waals surface area (Å²) < 4.78 is 3.48. The van der Waals surface area contributed by atoms with E-state index in [0.717, 1.165) is 11.4 Å². The van der Waals surface area contributed by atoms with Gasteiger partial charge in [-0.25, -0.2) is 4.68 Å². The number of anilines is 1. The van der Waals surface area contributed by atoms with Crippen molar-refractivity contribution in [3.8, 4) is 5.69 Å². The number of aromatic nitrogens is 4. The van der Waals surface area contributed by atoms with Crippen LogP contribution in [-0.4, -0.2) is 25.5 Å². The van der Waals surface area contributed by atoms with E-state index in [9.17, 15) is 4.79 Å². The van der Waals surface area contributed by atoms with Crippen molar-refractivity contribution in [3.05, 3.63) is 60.6 Å². The molecule has 3 aromatic rings. The maximum absolute atomic E-state index is 12.7. The quantitative estimate of drug-likeness (QED) is 0.759. The first-order valence-corrected chi connectivity index (χ1v) is 9.18. The van der Waals surface area contributed by atoms with Crippen LogP contribution in [0, 0.1) is 0 Å². The minimum atomic E-state index is -0.390. The lowest BCUT2D eigenvalue weighted by Gasteiger charge is -2.13. The SMILES string of the molecule is CC(C(=O)Nc1cc(C2CCCC2)nn1-c1ccccc1)n1cccn1. The topological polar surface area (TPSA) is 64.7 Å². The Balaban J connectivity index is 1.64. The number of nitrogens with one attached hydrogen (secondary N) is 1. The molecule has 0 saturated heterocycles. The van der Waals surface area contributed by atoms with Crippen LogP contribution in [0.4, 0.5) is 5.82 Å². The summed E-state index contributed by atoms with van der Waals surface area (Å²) in [5, 5.41) is 12.0. The molecule has 1 aliphatic rings. The number of benzene rings is 1. The fourth-order valence-electron chi connectivity index (χ4n) is 3.54. The number of hydrogen-bond donors (Lipinski definition) is 1. The lowest BCUT2D eigenvalue weighted by atomic mass is 10.0. The van der Waals surface area contributed by atoms with Crippen molar-refractivity contribution in [2.45, 2.75) is 44.6 Å². The molecular formula is C20H23N5O. The van der Waals surface area contributed by atoms with Crippen LogP contribution in [0.25, 0.3) is 5.69 Å². The summed E-state index contributed by atoms with van der Waals surface area (Å²) >= 11 is 0. The van der Waals surface area contributed by atoms with Crippen LogP contribution >= 0.6 is 0 Å². The van der Waals surface area contributed by atoms with Gasteiger partial charge in [0.1, 0.15) is 11.9 Å². The highest BCUT2D eigenvalue weighted by Gasteiger charge is 2.23. The fourth-order valence-corrected chi connectivity index (χ4v) is 3.54. The van der Waals surface area contributed by atoms with Gasteiger partial charge in [0.15, 0.2) is 0 Å². The minimum Gasteiger partial charge on any atom is -0.309 e. The Morgan fingerprint density at radius 2 is 1.96 bits per heavy atom. The van der Waals surface area contributed by atoms with Crippen molar-refractivity contribution in [2.24, 2.45) is 0 Å². The van der Waals surface area contributed by atoms with E-state index in [0.29, 0.717) is 11.7 Å². The summed E-state index contributed by atoms with van der Waals surface area (Å²) in [5.41, 5.74) is 2.01. The molecule has 2 aromatic heterocycles. The van der Waals surface area contributed by atoms with Crippen molar-refractivity contribution in [3.63, 3.8) is 0 Å². The highest BCUT2D eigenvalue weighted by atomic mass is 16.2. The Kier molecular flexibility index (Phi) is 4.56. The Hall–Kier alpha value is -2.89. The van der Waals surface area contributed by atoms with Crippen LogP contribution in [0.5, 0.6) is 0 Å². The van der Waals surface area contributed by atoms with E-state index in [-0.39, 0.29) is 11.9 Å². The summed E-state index contributed by atoms with van der Waals surface area (Å²) in [6.07, 6.45) is 8.31. The second kappa shape index (κ2) is 7.15. The zero-order valence-electron chi connectivity index (χ0n) is 14.9. The van der Waals surface area contributed by atoms with E-state index in [2.05, 4.69) is 10.4 Å². The molecule has 1 atom stereocenters. The molecule has 6 heteroatoms. The zero-order valence-corrected chi connectivity index (χ0v) is 14.9. The molecule has 0 aliphatic heterocycles. The molecule has 1 N–H and O–H groups in total. The Morgan fingerprint density at radius 1 is 1.19 bits per heavy atom. The van der Waals surface area contributed by atoms with Gasteiger partial charge in [-0.1, -0.05) is 31.0 Å². The van der Waals surface area contributed by atoms with Crippen LogP contribution < -0.4 is 5.32 Å². The number of nitrogens with zero attached hydrogens (tertiary/aromatic N) is 4. The van der Waals surface area contributed by atoms with Crippen LogP contribution in [0.3, 0.4) is 0 Å². The largest absolute Gasteiger partial charge is 0.309 e. The maximum atomic E-state index is 12.7. The highest BCUT2D eigenvalue weighted by molar-refractivity contribution is 5.93. The summed E-state index contributed by atoms with van der Waals surface area (Å²) in [6, 6.07) is 13.4. The molecular weight excluding hydrogens is 326 g/mol. The summed E-state index contributed by atoms with van der Waals surface area (Å²) in [4.78, 5) is 12.7. The van der Waals surface area contributed by atoms with Crippen molar-refractivity contribution >= 4 is 11.7 Å². The summed E-state index contributed by atoms with van der Waals surface area (Å²) in [5.74, 6) is 1.09. The van der Waals surface area contributed by atoms with Crippen molar-refractivity contribution < 1.29 is 4.79 Å². The van der Waals surface area contributed by atoms with Crippen LogP contribution in [0.15, 0.2) is 54.9 Å². The fraction of sp³-hybridized carbons (Fsp3) is 0.350. The van der Waals surface area contributed by atoms with E-state index in [1.165, 1.54) is 25.7 Å². The number of para-hydroxylation sites is 1. The zero-order chi connectivity index (χ0) is 17.9. The van der Waals surface area contributed by atoms with Crippen LogP contribution in [-0.2, 0) is 4.79 Å². The Labute approximate surface area is 152 Å². The molecule has 1 aromatic carbocycles. The lowest BCUT2D eigenvalue weighted by molar-refractivity contribution is -0.119. The molecule has 1 amide bonds. The maximum Gasteiger partial charge on any atom is 0.250 e. The first-order valence-electron chi connectivity index (χ1n) is 9.18. The monoisotopic (exact) mass is 349 g/mol.